The van der Waals surface area contributed by atoms with E-state index in [1.165, 1.54) is 11.1 Å². The van der Waals surface area contributed by atoms with E-state index in [-0.39, 0.29) is 5.41 Å². The second-order valence-electron chi connectivity index (χ2n) is 6.98. The molecular formula is C20H23NO6. The summed E-state index contributed by atoms with van der Waals surface area (Å²) in [6.45, 7) is 7.80. The number of nitrogens with one attached hydrogen (secondary N) is 1. The first-order valence-electron chi connectivity index (χ1n) is 8.36. The summed E-state index contributed by atoms with van der Waals surface area (Å²) in [4.78, 5) is 18.2. The lowest BCUT2D eigenvalue weighted by Crippen LogP contribution is -2.11. The molecule has 1 aliphatic rings. The summed E-state index contributed by atoms with van der Waals surface area (Å²) in [6, 6.07) is 14.7. The van der Waals surface area contributed by atoms with E-state index in [1.807, 2.05) is 18.2 Å². The molecule has 0 saturated heterocycles. The highest BCUT2D eigenvalue weighted by Gasteiger charge is 2.14. The van der Waals surface area contributed by atoms with E-state index in [4.69, 9.17) is 29.3 Å². The minimum atomic E-state index is -1.82. The van der Waals surface area contributed by atoms with Gasteiger partial charge in [0.05, 0.1) is 0 Å². The first kappa shape index (κ1) is 20.1. The molecule has 2 aromatic rings. The summed E-state index contributed by atoms with van der Waals surface area (Å²) in [5, 5.41) is 18.2. The third kappa shape index (κ3) is 5.91. The third-order valence-electron chi connectivity index (χ3n) is 3.87. The molecule has 144 valence electrons. The Kier molecular flexibility index (Phi) is 6.28. The molecule has 1 aliphatic heterocycles. The Morgan fingerprint density at radius 1 is 0.963 bits per heavy atom. The Balaban J connectivity index is 0.000000380. The zero-order chi connectivity index (χ0) is 20.0. The maximum Gasteiger partial charge on any atom is 0.414 e. The van der Waals surface area contributed by atoms with Gasteiger partial charge in [-0.15, -0.1) is 0 Å². The first-order valence-corrected chi connectivity index (χ1v) is 8.36. The highest BCUT2D eigenvalue weighted by molar-refractivity contribution is 6.27. The van der Waals surface area contributed by atoms with Crippen molar-refractivity contribution in [1.29, 1.82) is 0 Å². The van der Waals surface area contributed by atoms with Gasteiger partial charge >= 0.3 is 11.9 Å². The number of anilines is 1. The molecule has 0 atom stereocenters. The van der Waals surface area contributed by atoms with Crippen molar-refractivity contribution in [2.24, 2.45) is 0 Å². The van der Waals surface area contributed by atoms with Crippen molar-refractivity contribution in [1.82, 2.24) is 0 Å². The van der Waals surface area contributed by atoms with Gasteiger partial charge in [-0.25, -0.2) is 9.59 Å². The van der Waals surface area contributed by atoms with E-state index in [1.54, 1.807) is 0 Å². The number of aliphatic carboxylic acids is 2. The van der Waals surface area contributed by atoms with Gasteiger partial charge < -0.3 is 25.0 Å². The van der Waals surface area contributed by atoms with Crippen LogP contribution < -0.4 is 14.8 Å². The minimum Gasteiger partial charge on any atom is -0.473 e. The average Bonchev–Trinajstić information content (AvgIpc) is 3.07. The largest absolute Gasteiger partial charge is 0.473 e. The number of fused-ring (bicyclic) bond motifs is 1. The Morgan fingerprint density at radius 3 is 2.11 bits per heavy atom. The van der Waals surface area contributed by atoms with Gasteiger partial charge in [0, 0.05) is 18.3 Å². The van der Waals surface area contributed by atoms with Crippen LogP contribution in [-0.2, 0) is 21.5 Å². The summed E-state index contributed by atoms with van der Waals surface area (Å²) in [5.74, 6) is -2.02. The summed E-state index contributed by atoms with van der Waals surface area (Å²) < 4.78 is 10.7. The Bertz CT molecular complexity index is 796. The molecule has 7 heteroatoms. The number of ether oxygens (including phenoxy) is 2. The molecule has 0 unspecified atom stereocenters. The van der Waals surface area contributed by atoms with Gasteiger partial charge in [-0.05, 0) is 28.7 Å². The third-order valence-corrected chi connectivity index (χ3v) is 3.87. The topological polar surface area (TPSA) is 105 Å². The van der Waals surface area contributed by atoms with E-state index in [0.29, 0.717) is 6.79 Å². The molecule has 2 aromatic carbocycles. The quantitative estimate of drug-likeness (QED) is 0.707. The molecule has 0 amide bonds. The number of rotatable bonds is 3. The predicted octanol–water partition coefficient (Wildman–Crippen LogP) is 3.48. The lowest BCUT2D eigenvalue weighted by Gasteiger charge is -2.19. The molecule has 0 saturated carbocycles. The van der Waals surface area contributed by atoms with Gasteiger partial charge in [-0.1, -0.05) is 45.0 Å². The van der Waals surface area contributed by atoms with E-state index in [0.717, 1.165) is 23.7 Å². The Labute approximate surface area is 157 Å². The van der Waals surface area contributed by atoms with E-state index in [2.05, 4.69) is 50.4 Å². The maximum atomic E-state index is 9.10. The van der Waals surface area contributed by atoms with Crippen LogP contribution >= 0.6 is 0 Å². The molecule has 0 radical (unpaired) electrons. The molecule has 3 N–H and O–H groups in total. The summed E-state index contributed by atoms with van der Waals surface area (Å²) in [6.07, 6.45) is 0. The molecule has 27 heavy (non-hydrogen) atoms. The molecule has 3 rings (SSSR count). The number of hydrogen-bond acceptors (Lipinski definition) is 5. The van der Waals surface area contributed by atoms with Crippen LogP contribution in [0.25, 0.3) is 0 Å². The second kappa shape index (κ2) is 8.44. The van der Waals surface area contributed by atoms with Gasteiger partial charge in [0.1, 0.15) is 0 Å². The summed E-state index contributed by atoms with van der Waals surface area (Å²) in [7, 11) is 0. The van der Waals surface area contributed by atoms with Gasteiger partial charge in [0.25, 0.3) is 0 Å². The molecule has 7 nitrogen and oxygen atoms in total. The molecule has 0 aromatic heterocycles. The van der Waals surface area contributed by atoms with Crippen molar-refractivity contribution in [2.45, 2.75) is 32.7 Å². The van der Waals surface area contributed by atoms with Crippen LogP contribution in [0.15, 0.2) is 42.5 Å². The first-order chi connectivity index (χ1) is 12.7. The number of carbonyl (C=O) groups is 2. The molecule has 0 fully saturated rings. The van der Waals surface area contributed by atoms with Crippen LogP contribution in [0.5, 0.6) is 11.5 Å². The maximum absolute atomic E-state index is 9.10. The van der Waals surface area contributed by atoms with Crippen LogP contribution in [0.1, 0.15) is 31.9 Å². The van der Waals surface area contributed by atoms with Crippen LogP contribution in [0.4, 0.5) is 5.69 Å². The van der Waals surface area contributed by atoms with Crippen LogP contribution in [-0.4, -0.2) is 28.9 Å². The standard InChI is InChI=1S/C18H21NO2.C2H2O4/c1-18(2,3)14-6-4-13(5-7-14)11-19-15-8-9-16-17(10-15)21-12-20-16;3-1(4)2(5)6/h4-10,19H,11-12H2,1-3H3;(H,3,4)(H,5,6). The number of benzene rings is 2. The van der Waals surface area contributed by atoms with Gasteiger partial charge in [0.2, 0.25) is 6.79 Å². The van der Waals surface area contributed by atoms with Crippen molar-refractivity contribution in [3.63, 3.8) is 0 Å². The van der Waals surface area contributed by atoms with Crippen LogP contribution in [0, 0.1) is 0 Å². The molecule has 0 bridgehead atoms. The fourth-order valence-electron chi connectivity index (χ4n) is 2.33. The Morgan fingerprint density at radius 2 is 1.56 bits per heavy atom. The lowest BCUT2D eigenvalue weighted by atomic mass is 9.87. The summed E-state index contributed by atoms with van der Waals surface area (Å²) in [5.41, 5.74) is 3.86. The average molecular weight is 373 g/mol. The Hall–Kier alpha value is -3.22. The fraction of sp³-hybridized carbons (Fsp3) is 0.300. The second-order valence-corrected chi connectivity index (χ2v) is 6.98. The molecular weight excluding hydrogens is 350 g/mol. The minimum absolute atomic E-state index is 0.198. The monoisotopic (exact) mass is 373 g/mol. The van der Waals surface area contributed by atoms with Gasteiger partial charge in [0.15, 0.2) is 11.5 Å². The smallest absolute Gasteiger partial charge is 0.414 e. The molecule has 0 aliphatic carbocycles. The van der Waals surface area contributed by atoms with Crippen molar-refractivity contribution in [3.05, 3.63) is 53.6 Å². The highest BCUT2D eigenvalue weighted by Crippen LogP contribution is 2.34. The van der Waals surface area contributed by atoms with E-state index < -0.39 is 11.9 Å². The zero-order valence-corrected chi connectivity index (χ0v) is 15.5. The normalized spacial score (nSPS) is 12.0. The van der Waals surface area contributed by atoms with Crippen LogP contribution in [0.3, 0.4) is 0 Å². The number of carboxylic acids is 2. The van der Waals surface area contributed by atoms with Crippen molar-refractivity contribution < 1.29 is 29.3 Å². The van der Waals surface area contributed by atoms with Gasteiger partial charge in [-0.2, -0.15) is 0 Å². The number of carboxylic acid groups (broad SMARTS) is 2. The van der Waals surface area contributed by atoms with Gasteiger partial charge in [-0.3, -0.25) is 0 Å². The predicted molar refractivity (Wildman–Crippen MR) is 100 cm³/mol. The fourth-order valence-corrected chi connectivity index (χ4v) is 2.33. The zero-order valence-electron chi connectivity index (χ0n) is 15.5. The molecule has 0 spiro atoms. The van der Waals surface area contributed by atoms with Crippen molar-refractivity contribution >= 4 is 17.6 Å². The lowest BCUT2D eigenvalue weighted by molar-refractivity contribution is -0.159. The van der Waals surface area contributed by atoms with Crippen molar-refractivity contribution in [2.75, 3.05) is 12.1 Å². The van der Waals surface area contributed by atoms with E-state index in [9.17, 15) is 0 Å². The van der Waals surface area contributed by atoms with Crippen LogP contribution in [0.2, 0.25) is 0 Å². The molecule has 1 heterocycles. The van der Waals surface area contributed by atoms with Crippen molar-refractivity contribution in [3.8, 4) is 11.5 Å². The highest BCUT2D eigenvalue weighted by atomic mass is 16.7. The van der Waals surface area contributed by atoms with E-state index >= 15 is 0 Å². The number of hydrogen-bond donors (Lipinski definition) is 3. The summed E-state index contributed by atoms with van der Waals surface area (Å²) >= 11 is 0. The SMILES string of the molecule is CC(C)(C)c1ccc(CNc2ccc3c(c2)OCO3)cc1.O=C(O)C(=O)O.